The quantitative estimate of drug-likeness (QED) is 0.843. The van der Waals surface area contributed by atoms with Gasteiger partial charge in [-0.15, -0.1) is 0 Å². The highest BCUT2D eigenvalue weighted by molar-refractivity contribution is 5.90. The molecule has 2 rings (SSSR count). The fourth-order valence-corrected chi connectivity index (χ4v) is 2.10. The molecule has 2 aromatic heterocycles. The number of aromatic nitrogens is 3. The number of aryl methyl sites for hydroxylation is 1. The van der Waals surface area contributed by atoms with Gasteiger partial charge in [-0.3, -0.25) is 0 Å². The lowest BCUT2D eigenvalue weighted by Crippen LogP contribution is -2.12. The first-order valence-electron chi connectivity index (χ1n) is 5.94. The van der Waals surface area contributed by atoms with Crippen LogP contribution in [-0.4, -0.2) is 34.2 Å². The minimum Gasteiger partial charge on any atom is -0.383 e. The molecule has 0 aliphatic carbocycles. The Labute approximate surface area is 109 Å². The van der Waals surface area contributed by atoms with E-state index in [2.05, 4.69) is 9.97 Å². The van der Waals surface area contributed by atoms with Gasteiger partial charge in [0.2, 0.25) is 0 Å². The summed E-state index contributed by atoms with van der Waals surface area (Å²) in [6.45, 7) is 3.99. The van der Waals surface area contributed by atoms with Crippen molar-refractivity contribution >= 4 is 16.9 Å². The second kappa shape index (κ2) is 5.48. The molecule has 5 nitrogen and oxygen atoms in total. The van der Waals surface area contributed by atoms with Gasteiger partial charge in [-0.25, -0.2) is 18.7 Å². The average Bonchev–Trinajstić information content (AvgIpc) is 2.60. The largest absolute Gasteiger partial charge is 0.383 e. The Kier molecular flexibility index (Phi) is 3.94. The Balaban J connectivity index is 2.23. The maximum absolute atomic E-state index is 12.0. The van der Waals surface area contributed by atoms with Gasteiger partial charge in [-0.2, -0.15) is 0 Å². The van der Waals surface area contributed by atoms with Crippen LogP contribution in [-0.2, 0) is 11.3 Å². The number of rotatable bonds is 5. The number of hydrogen-bond donors (Lipinski definition) is 1. The van der Waals surface area contributed by atoms with Crippen LogP contribution in [0.25, 0.3) is 11.0 Å². The summed E-state index contributed by atoms with van der Waals surface area (Å²) in [5.74, 6) is 0.429. The third kappa shape index (κ3) is 2.65. The number of nitrogens with zero attached hydrogens (tertiary/aromatic N) is 3. The summed E-state index contributed by atoms with van der Waals surface area (Å²) in [6.07, 6.45) is -1.05. The first-order valence-corrected chi connectivity index (χ1v) is 5.94. The lowest BCUT2D eigenvalue weighted by molar-refractivity contribution is 0.0149. The van der Waals surface area contributed by atoms with Crippen LogP contribution in [0.1, 0.15) is 11.3 Å². The molecule has 0 saturated carbocycles. The number of halogens is 2. The van der Waals surface area contributed by atoms with E-state index < -0.39 is 13.0 Å². The summed E-state index contributed by atoms with van der Waals surface area (Å²) < 4.78 is 30.8. The van der Waals surface area contributed by atoms with Crippen LogP contribution < -0.4 is 5.73 Å². The minimum atomic E-state index is -2.44. The number of nitrogen functional groups attached to an aromatic ring is 1. The highest BCUT2D eigenvalue weighted by Gasteiger charge is 2.14. The second-order valence-corrected chi connectivity index (χ2v) is 4.29. The SMILES string of the molecule is Cc1c(C)n(CCOCC(F)F)c2ncnc(N)c12. The Morgan fingerprint density at radius 2 is 2.11 bits per heavy atom. The highest BCUT2D eigenvalue weighted by Crippen LogP contribution is 2.26. The summed E-state index contributed by atoms with van der Waals surface area (Å²) >= 11 is 0. The van der Waals surface area contributed by atoms with E-state index in [1.54, 1.807) is 0 Å². The molecule has 0 saturated heterocycles. The number of anilines is 1. The third-order valence-corrected chi connectivity index (χ3v) is 3.14. The van der Waals surface area contributed by atoms with E-state index in [0.717, 1.165) is 16.6 Å². The molecule has 2 heterocycles. The molecular formula is C12H16F2N4O. The zero-order valence-corrected chi connectivity index (χ0v) is 10.9. The summed E-state index contributed by atoms with van der Waals surface area (Å²) in [5.41, 5.74) is 8.54. The van der Waals surface area contributed by atoms with Crippen molar-refractivity contribution in [2.45, 2.75) is 26.8 Å². The molecule has 2 N–H and O–H groups in total. The molecule has 7 heteroatoms. The zero-order chi connectivity index (χ0) is 14.0. The molecule has 19 heavy (non-hydrogen) atoms. The maximum atomic E-state index is 12.0. The molecule has 0 amide bonds. The third-order valence-electron chi connectivity index (χ3n) is 3.14. The molecule has 0 unspecified atom stereocenters. The summed E-state index contributed by atoms with van der Waals surface area (Å²) in [6, 6.07) is 0. The summed E-state index contributed by atoms with van der Waals surface area (Å²) in [5, 5.41) is 0.814. The topological polar surface area (TPSA) is 66.0 Å². The minimum absolute atomic E-state index is 0.207. The van der Waals surface area contributed by atoms with Gasteiger partial charge in [-0.1, -0.05) is 0 Å². The molecule has 0 aliphatic rings. The van der Waals surface area contributed by atoms with Crippen LogP contribution in [0, 0.1) is 13.8 Å². The molecule has 0 spiro atoms. The van der Waals surface area contributed by atoms with E-state index in [-0.39, 0.29) is 6.61 Å². The molecule has 0 aromatic carbocycles. The van der Waals surface area contributed by atoms with E-state index >= 15 is 0 Å². The van der Waals surface area contributed by atoms with Crippen LogP contribution in [0.2, 0.25) is 0 Å². The molecule has 104 valence electrons. The summed E-state index contributed by atoms with van der Waals surface area (Å²) in [4.78, 5) is 8.17. The fourth-order valence-electron chi connectivity index (χ4n) is 2.10. The molecule has 0 atom stereocenters. The Hall–Kier alpha value is -1.76. The Bertz CT molecular complexity index is 583. The molecular weight excluding hydrogens is 254 g/mol. The van der Waals surface area contributed by atoms with Crippen LogP contribution in [0.4, 0.5) is 14.6 Å². The average molecular weight is 270 g/mol. The van der Waals surface area contributed by atoms with Gasteiger partial charge in [0, 0.05) is 12.2 Å². The Morgan fingerprint density at radius 1 is 1.37 bits per heavy atom. The van der Waals surface area contributed by atoms with Gasteiger partial charge in [0.1, 0.15) is 24.4 Å². The van der Waals surface area contributed by atoms with Crippen molar-refractivity contribution in [1.82, 2.24) is 14.5 Å². The van der Waals surface area contributed by atoms with E-state index in [4.69, 9.17) is 10.5 Å². The van der Waals surface area contributed by atoms with Crippen molar-refractivity contribution in [2.75, 3.05) is 18.9 Å². The molecule has 0 bridgehead atoms. The first-order chi connectivity index (χ1) is 9.02. The predicted octanol–water partition coefficient (Wildman–Crippen LogP) is 1.91. The monoisotopic (exact) mass is 270 g/mol. The van der Waals surface area contributed by atoms with Gasteiger partial charge in [0.05, 0.1) is 12.0 Å². The second-order valence-electron chi connectivity index (χ2n) is 4.29. The van der Waals surface area contributed by atoms with Gasteiger partial charge in [-0.05, 0) is 19.4 Å². The van der Waals surface area contributed by atoms with E-state index in [9.17, 15) is 8.78 Å². The van der Waals surface area contributed by atoms with E-state index in [1.165, 1.54) is 6.33 Å². The lowest BCUT2D eigenvalue weighted by atomic mass is 10.2. The van der Waals surface area contributed by atoms with Crippen molar-refractivity contribution in [2.24, 2.45) is 0 Å². The number of alkyl halides is 2. The van der Waals surface area contributed by atoms with Gasteiger partial charge in [0.15, 0.2) is 0 Å². The lowest BCUT2D eigenvalue weighted by Gasteiger charge is -2.08. The maximum Gasteiger partial charge on any atom is 0.261 e. The van der Waals surface area contributed by atoms with Gasteiger partial charge < -0.3 is 15.0 Å². The van der Waals surface area contributed by atoms with Crippen molar-refractivity contribution in [3.05, 3.63) is 17.6 Å². The van der Waals surface area contributed by atoms with E-state index in [1.807, 2.05) is 18.4 Å². The van der Waals surface area contributed by atoms with Crippen molar-refractivity contribution in [3.63, 3.8) is 0 Å². The number of ether oxygens (including phenoxy) is 1. The summed E-state index contributed by atoms with van der Waals surface area (Å²) in [7, 11) is 0. The first kappa shape index (κ1) is 13.7. The molecule has 0 radical (unpaired) electrons. The van der Waals surface area contributed by atoms with Crippen LogP contribution in [0.5, 0.6) is 0 Å². The van der Waals surface area contributed by atoms with E-state index in [0.29, 0.717) is 18.0 Å². The normalized spacial score (nSPS) is 11.6. The number of hydrogen-bond acceptors (Lipinski definition) is 4. The molecule has 0 fully saturated rings. The van der Waals surface area contributed by atoms with Gasteiger partial charge >= 0.3 is 0 Å². The smallest absolute Gasteiger partial charge is 0.261 e. The predicted molar refractivity (Wildman–Crippen MR) is 68.2 cm³/mol. The zero-order valence-electron chi connectivity index (χ0n) is 10.9. The Morgan fingerprint density at radius 3 is 2.79 bits per heavy atom. The van der Waals surface area contributed by atoms with Crippen molar-refractivity contribution in [1.29, 1.82) is 0 Å². The van der Waals surface area contributed by atoms with Gasteiger partial charge in [0.25, 0.3) is 6.43 Å². The van der Waals surface area contributed by atoms with Crippen molar-refractivity contribution < 1.29 is 13.5 Å². The fraction of sp³-hybridized carbons (Fsp3) is 0.500. The number of nitrogens with two attached hydrogens (primary N) is 1. The molecule has 0 aliphatic heterocycles. The van der Waals surface area contributed by atoms with Crippen LogP contribution >= 0.6 is 0 Å². The molecule has 2 aromatic rings. The highest BCUT2D eigenvalue weighted by atomic mass is 19.3. The number of fused-ring (bicyclic) bond motifs is 1. The van der Waals surface area contributed by atoms with Crippen LogP contribution in [0.3, 0.4) is 0 Å². The van der Waals surface area contributed by atoms with Crippen LogP contribution in [0.15, 0.2) is 6.33 Å². The standard InChI is InChI=1S/C12H16F2N4O/c1-7-8(2)18(3-4-19-5-9(13)14)12-10(7)11(15)16-6-17-12/h6,9H,3-5H2,1-2H3,(H2,15,16,17). The van der Waals surface area contributed by atoms with Crippen molar-refractivity contribution in [3.8, 4) is 0 Å².